The lowest BCUT2D eigenvalue weighted by Gasteiger charge is -2.07. The standard InChI is InChI=1S/C20H17ClN4O2/c1-27-17-9-2-14(3-10-17)4-11-20(26)25-19-12-18(22-13-23-19)24-16-7-5-15(21)6-8-16/h2-13H,1H3,(H2,22,23,24,25,26)/b11-4+. The average Bonchev–Trinajstić information content (AvgIpc) is 2.69. The second kappa shape index (κ2) is 8.82. The van der Waals surface area contributed by atoms with E-state index in [4.69, 9.17) is 16.3 Å². The van der Waals surface area contributed by atoms with Crippen LogP contribution < -0.4 is 15.4 Å². The first-order valence-corrected chi connectivity index (χ1v) is 8.48. The number of amides is 1. The molecule has 2 N–H and O–H groups in total. The normalized spacial score (nSPS) is 10.6. The molecule has 0 atom stereocenters. The molecule has 0 spiro atoms. The number of carbonyl (C=O) groups is 1. The van der Waals surface area contributed by atoms with E-state index < -0.39 is 0 Å². The fraction of sp³-hybridized carbons (Fsp3) is 0.0500. The van der Waals surface area contributed by atoms with Crippen molar-refractivity contribution < 1.29 is 9.53 Å². The molecule has 1 aromatic heterocycles. The van der Waals surface area contributed by atoms with Crippen molar-refractivity contribution in [2.45, 2.75) is 0 Å². The Morgan fingerprint density at radius 1 is 1.04 bits per heavy atom. The van der Waals surface area contributed by atoms with Crippen LogP contribution in [0.3, 0.4) is 0 Å². The van der Waals surface area contributed by atoms with Crippen LogP contribution in [-0.2, 0) is 4.79 Å². The highest BCUT2D eigenvalue weighted by Gasteiger charge is 2.03. The summed E-state index contributed by atoms with van der Waals surface area (Å²) >= 11 is 5.87. The third-order valence-corrected chi connectivity index (χ3v) is 3.83. The molecule has 2 aromatic carbocycles. The summed E-state index contributed by atoms with van der Waals surface area (Å²) in [5.74, 6) is 1.42. The molecule has 3 aromatic rings. The van der Waals surface area contributed by atoms with Gasteiger partial charge in [-0.1, -0.05) is 23.7 Å². The Bertz CT molecular complexity index is 941. The zero-order chi connectivity index (χ0) is 19.1. The van der Waals surface area contributed by atoms with E-state index in [-0.39, 0.29) is 5.91 Å². The van der Waals surface area contributed by atoms with Crippen molar-refractivity contribution in [3.05, 3.63) is 77.6 Å². The molecule has 1 heterocycles. The molecule has 0 radical (unpaired) electrons. The number of hydrogen-bond donors (Lipinski definition) is 2. The Balaban J connectivity index is 1.61. The summed E-state index contributed by atoms with van der Waals surface area (Å²) < 4.78 is 5.10. The Kier molecular flexibility index (Phi) is 6.02. The van der Waals surface area contributed by atoms with Crippen molar-refractivity contribution in [2.75, 3.05) is 17.7 Å². The van der Waals surface area contributed by atoms with E-state index in [2.05, 4.69) is 20.6 Å². The monoisotopic (exact) mass is 380 g/mol. The predicted octanol–water partition coefficient (Wildman–Crippen LogP) is 4.53. The molecule has 0 bridgehead atoms. The van der Waals surface area contributed by atoms with Gasteiger partial charge in [0.25, 0.3) is 0 Å². The lowest BCUT2D eigenvalue weighted by atomic mass is 10.2. The van der Waals surface area contributed by atoms with Crippen LogP contribution in [0.2, 0.25) is 5.02 Å². The first kappa shape index (κ1) is 18.4. The maximum absolute atomic E-state index is 12.1. The number of methoxy groups -OCH3 is 1. The van der Waals surface area contributed by atoms with Gasteiger partial charge in [0.15, 0.2) is 0 Å². The van der Waals surface area contributed by atoms with Crippen LogP contribution in [0.15, 0.2) is 67.0 Å². The second-order valence-corrected chi connectivity index (χ2v) is 5.95. The second-order valence-electron chi connectivity index (χ2n) is 5.52. The van der Waals surface area contributed by atoms with E-state index in [1.165, 1.54) is 12.4 Å². The SMILES string of the molecule is COc1ccc(/C=C/C(=O)Nc2cc(Nc3ccc(Cl)cc3)ncn2)cc1. The summed E-state index contributed by atoms with van der Waals surface area (Å²) in [4.78, 5) is 20.3. The molecule has 0 saturated heterocycles. The van der Waals surface area contributed by atoms with Crippen molar-refractivity contribution in [3.63, 3.8) is 0 Å². The maximum Gasteiger partial charge on any atom is 0.249 e. The maximum atomic E-state index is 12.1. The first-order chi connectivity index (χ1) is 13.1. The number of halogens is 1. The summed E-state index contributed by atoms with van der Waals surface area (Å²) in [6, 6.07) is 16.3. The number of ether oxygens (including phenoxy) is 1. The summed E-state index contributed by atoms with van der Waals surface area (Å²) in [6.07, 6.45) is 4.53. The zero-order valence-corrected chi connectivity index (χ0v) is 15.3. The van der Waals surface area contributed by atoms with Crippen molar-refractivity contribution in [3.8, 4) is 5.75 Å². The number of nitrogens with zero attached hydrogens (tertiary/aromatic N) is 2. The molecule has 3 rings (SSSR count). The summed E-state index contributed by atoms with van der Waals surface area (Å²) in [5.41, 5.74) is 1.72. The van der Waals surface area contributed by atoms with Crippen molar-refractivity contribution in [2.24, 2.45) is 0 Å². The van der Waals surface area contributed by atoms with Crippen LogP contribution in [0.4, 0.5) is 17.3 Å². The summed E-state index contributed by atoms with van der Waals surface area (Å²) in [5, 5.41) is 6.48. The Labute approximate surface area is 161 Å². The van der Waals surface area contributed by atoms with Crippen LogP contribution >= 0.6 is 11.6 Å². The van der Waals surface area contributed by atoms with E-state index in [0.717, 1.165) is 17.0 Å². The van der Waals surface area contributed by atoms with E-state index in [9.17, 15) is 4.79 Å². The highest BCUT2D eigenvalue weighted by Crippen LogP contribution is 2.18. The number of hydrogen-bond acceptors (Lipinski definition) is 5. The molecule has 1 amide bonds. The van der Waals surface area contributed by atoms with Crippen LogP contribution in [0, 0.1) is 0 Å². The minimum atomic E-state index is -0.290. The molecule has 6 nitrogen and oxygen atoms in total. The molecule has 0 aliphatic heterocycles. The van der Waals surface area contributed by atoms with Crippen molar-refractivity contribution in [1.82, 2.24) is 9.97 Å². The minimum absolute atomic E-state index is 0.290. The molecule has 7 heteroatoms. The number of nitrogens with one attached hydrogen (secondary N) is 2. The highest BCUT2D eigenvalue weighted by atomic mass is 35.5. The van der Waals surface area contributed by atoms with Gasteiger partial charge in [-0.25, -0.2) is 9.97 Å². The zero-order valence-electron chi connectivity index (χ0n) is 14.5. The van der Waals surface area contributed by atoms with Crippen LogP contribution in [0.1, 0.15) is 5.56 Å². The fourth-order valence-electron chi connectivity index (χ4n) is 2.23. The number of benzene rings is 2. The third-order valence-electron chi connectivity index (χ3n) is 3.58. The molecular formula is C20H17ClN4O2. The van der Waals surface area contributed by atoms with Gasteiger partial charge in [-0.05, 0) is 48.0 Å². The molecule has 27 heavy (non-hydrogen) atoms. The molecule has 0 saturated carbocycles. The molecule has 0 aliphatic carbocycles. The predicted molar refractivity (Wildman–Crippen MR) is 107 cm³/mol. The number of carbonyl (C=O) groups excluding carboxylic acids is 1. The van der Waals surface area contributed by atoms with Crippen LogP contribution in [0.5, 0.6) is 5.75 Å². The largest absolute Gasteiger partial charge is 0.497 e. The number of rotatable bonds is 6. The summed E-state index contributed by atoms with van der Waals surface area (Å²) in [7, 11) is 1.61. The third kappa shape index (κ3) is 5.55. The van der Waals surface area contributed by atoms with Gasteiger partial charge >= 0.3 is 0 Å². The average molecular weight is 381 g/mol. The van der Waals surface area contributed by atoms with Crippen molar-refractivity contribution in [1.29, 1.82) is 0 Å². The Hall–Kier alpha value is -3.38. The fourth-order valence-corrected chi connectivity index (χ4v) is 2.36. The van der Waals surface area contributed by atoms with Gasteiger partial charge in [-0.2, -0.15) is 0 Å². The smallest absolute Gasteiger partial charge is 0.249 e. The topological polar surface area (TPSA) is 76.1 Å². The van der Waals surface area contributed by atoms with Crippen molar-refractivity contribution >= 4 is 40.9 Å². The lowest BCUT2D eigenvalue weighted by Crippen LogP contribution is -2.09. The lowest BCUT2D eigenvalue weighted by molar-refractivity contribution is -0.111. The van der Waals surface area contributed by atoms with Gasteiger partial charge in [0.05, 0.1) is 7.11 Å². The number of aromatic nitrogens is 2. The van der Waals surface area contributed by atoms with Gasteiger partial charge in [0.2, 0.25) is 5.91 Å². The van der Waals surface area contributed by atoms with Gasteiger partial charge in [0.1, 0.15) is 23.7 Å². The first-order valence-electron chi connectivity index (χ1n) is 8.10. The molecule has 0 aliphatic rings. The van der Waals surface area contributed by atoms with E-state index in [1.807, 2.05) is 36.4 Å². The molecule has 0 fully saturated rings. The van der Waals surface area contributed by atoms with Gasteiger partial charge in [-0.15, -0.1) is 0 Å². The van der Waals surface area contributed by atoms with Crippen LogP contribution in [-0.4, -0.2) is 23.0 Å². The Morgan fingerprint density at radius 2 is 1.74 bits per heavy atom. The highest BCUT2D eigenvalue weighted by molar-refractivity contribution is 6.30. The van der Waals surface area contributed by atoms with E-state index in [0.29, 0.717) is 16.7 Å². The van der Waals surface area contributed by atoms with Gasteiger partial charge in [0, 0.05) is 22.9 Å². The molecule has 0 unspecified atom stereocenters. The summed E-state index contributed by atoms with van der Waals surface area (Å²) in [6.45, 7) is 0. The number of anilines is 3. The van der Waals surface area contributed by atoms with Crippen LogP contribution in [0.25, 0.3) is 6.08 Å². The molecule has 136 valence electrons. The van der Waals surface area contributed by atoms with Gasteiger partial charge < -0.3 is 15.4 Å². The molecular weight excluding hydrogens is 364 g/mol. The Morgan fingerprint density at radius 3 is 2.44 bits per heavy atom. The minimum Gasteiger partial charge on any atom is -0.497 e. The van der Waals surface area contributed by atoms with E-state index >= 15 is 0 Å². The van der Waals surface area contributed by atoms with Gasteiger partial charge in [-0.3, -0.25) is 4.79 Å². The quantitative estimate of drug-likeness (QED) is 0.614. The van der Waals surface area contributed by atoms with E-state index in [1.54, 1.807) is 31.4 Å².